The smallest absolute Gasteiger partial charge is 0.322 e. The van der Waals surface area contributed by atoms with Crippen molar-refractivity contribution in [3.05, 3.63) is 24.1 Å². The van der Waals surface area contributed by atoms with Gasteiger partial charge in [-0.1, -0.05) is 30.3 Å². The van der Waals surface area contributed by atoms with E-state index >= 15 is 0 Å². The van der Waals surface area contributed by atoms with Gasteiger partial charge in [0.05, 0.1) is 0 Å². The molecule has 0 amide bonds. The lowest BCUT2D eigenvalue weighted by Gasteiger charge is -2.24. The number of piperazine rings is 1. The summed E-state index contributed by atoms with van der Waals surface area (Å²) in [5.74, 6) is 0.663. The molecule has 18 heavy (non-hydrogen) atoms. The molecule has 98 valence electrons. The zero-order valence-electron chi connectivity index (χ0n) is 11.0. The molecule has 1 aromatic rings. The van der Waals surface area contributed by atoms with E-state index < -0.39 is 0 Å². The van der Waals surface area contributed by atoms with Crippen LogP contribution >= 0.6 is 0 Å². The molecular formula is C13H20N4O. The first kappa shape index (κ1) is 12.8. The van der Waals surface area contributed by atoms with Gasteiger partial charge in [0.1, 0.15) is 0 Å². The Balaban J connectivity index is 2.11. The van der Waals surface area contributed by atoms with E-state index in [9.17, 15) is 0 Å². The number of rotatable bonds is 4. The van der Waals surface area contributed by atoms with Crippen LogP contribution < -0.4 is 10.2 Å². The molecule has 0 spiro atoms. The summed E-state index contributed by atoms with van der Waals surface area (Å²) in [6.07, 6.45) is 7.13. The molecule has 0 aliphatic carbocycles. The van der Waals surface area contributed by atoms with E-state index in [-0.39, 0.29) is 0 Å². The maximum atomic E-state index is 5.33. The van der Waals surface area contributed by atoms with Crippen LogP contribution in [0.25, 0.3) is 5.57 Å². The normalized spacial score (nSPS) is 17.7. The highest BCUT2D eigenvalue weighted by Crippen LogP contribution is 2.17. The zero-order chi connectivity index (χ0) is 12.8. The Hall–Kier alpha value is -1.62. The molecule has 2 rings (SSSR count). The van der Waals surface area contributed by atoms with Gasteiger partial charge in [-0.15, -0.1) is 0 Å². The summed E-state index contributed by atoms with van der Waals surface area (Å²) in [4.78, 5) is 6.57. The third kappa shape index (κ3) is 2.98. The van der Waals surface area contributed by atoms with Gasteiger partial charge < -0.3 is 14.7 Å². The predicted octanol–water partition coefficient (Wildman–Crippen LogP) is 1.85. The molecule has 1 N–H and O–H groups in total. The standard InChI is InChI=1S/C13H20N4O/c1-3-5-6-11(4-2)12-15-13(18-16-12)17-9-7-14-8-10-17/h4-6,14H,3,7-10H2,1-2H3/b6-5-,11-4+. The molecule has 0 aromatic carbocycles. The SMILES string of the molecule is C/C=C(\C=C/CC)c1noc(N2CCNCC2)n1. The average Bonchev–Trinajstić information content (AvgIpc) is 2.90. The minimum absolute atomic E-state index is 0.621. The summed E-state index contributed by atoms with van der Waals surface area (Å²) in [6, 6.07) is 0.621. The molecule has 0 radical (unpaired) electrons. The number of nitrogens with one attached hydrogen (secondary N) is 1. The second-order valence-corrected chi connectivity index (χ2v) is 4.19. The van der Waals surface area contributed by atoms with Crippen LogP contribution in [0.1, 0.15) is 26.1 Å². The van der Waals surface area contributed by atoms with Crippen LogP contribution in [0.4, 0.5) is 6.01 Å². The summed E-state index contributed by atoms with van der Waals surface area (Å²) in [5, 5.41) is 7.35. The lowest BCUT2D eigenvalue weighted by Crippen LogP contribution is -2.43. The van der Waals surface area contributed by atoms with Crippen LogP contribution in [0.5, 0.6) is 0 Å². The zero-order valence-corrected chi connectivity index (χ0v) is 11.0. The van der Waals surface area contributed by atoms with Crippen molar-refractivity contribution in [2.24, 2.45) is 0 Å². The van der Waals surface area contributed by atoms with Crippen molar-refractivity contribution in [1.82, 2.24) is 15.5 Å². The summed E-state index contributed by atoms with van der Waals surface area (Å²) in [6.45, 7) is 7.84. The third-order valence-corrected chi connectivity index (χ3v) is 2.91. The van der Waals surface area contributed by atoms with Gasteiger partial charge in [0.2, 0.25) is 5.82 Å². The molecule has 0 unspecified atom stereocenters. The van der Waals surface area contributed by atoms with Gasteiger partial charge in [-0.25, -0.2) is 0 Å². The van der Waals surface area contributed by atoms with Crippen molar-refractivity contribution in [2.75, 3.05) is 31.1 Å². The van der Waals surface area contributed by atoms with Gasteiger partial charge in [0.15, 0.2) is 0 Å². The molecule has 5 nitrogen and oxygen atoms in total. The molecule has 0 atom stereocenters. The molecule has 0 bridgehead atoms. The monoisotopic (exact) mass is 248 g/mol. The highest BCUT2D eigenvalue weighted by Gasteiger charge is 2.17. The summed E-state index contributed by atoms with van der Waals surface area (Å²) >= 11 is 0. The first-order valence-corrected chi connectivity index (χ1v) is 6.47. The molecule has 1 saturated heterocycles. The van der Waals surface area contributed by atoms with Crippen molar-refractivity contribution in [2.45, 2.75) is 20.3 Å². The quantitative estimate of drug-likeness (QED) is 0.824. The van der Waals surface area contributed by atoms with E-state index in [1.54, 1.807) is 0 Å². The van der Waals surface area contributed by atoms with Crippen LogP contribution in [0.15, 0.2) is 22.8 Å². The molecule has 1 fully saturated rings. The molecule has 1 aliphatic rings. The third-order valence-electron chi connectivity index (χ3n) is 2.91. The number of allylic oxidation sites excluding steroid dienone is 4. The first-order valence-electron chi connectivity index (χ1n) is 6.47. The predicted molar refractivity (Wildman–Crippen MR) is 72.5 cm³/mol. The number of hydrogen-bond acceptors (Lipinski definition) is 5. The maximum absolute atomic E-state index is 5.33. The Morgan fingerprint density at radius 1 is 1.44 bits per heavy atom. The summed E-state index contributed by atoms with van der Waals surface area (Å²) < 4.78 is 5.33. The number of anilines is 1. The van der Waals surface area contributed by atoms with Crippen LogP contribution in [0.2, 0.25) is 0 Å². The van der Waals surface area contributed by atoms with Gasteiger partial charge in [-0.3, -0.25) is 0 Å². The first-order chi connectivity index (χ1) is 8.85. The van der Waals surface area contributed by atoms with Gasteiger partial charge in [-0.2, -0.15) is 4.98 Å². The fourth-order valence-electron chi connectivity index (χ4n) is 1.86. The number of aromatic nitrogens is 2. The van der Waals surface area contributed by atoms with Crippen molar-refractivity contribution in [3.63, 3.8) is 0 Å². The van der Waals surface area contributed by atoms with Gasteiger partial charge in [0, 0.05) is 31.8 Å². The topological polar surface area (TPSA) is 54.2 Å². The van der Waals surface area contributed by atoms with E-state index in [0.717, 1.165) is 38.2 Å². The Labute approximate surface area is 108 Å². The Bertz CT molecular complexity index is 430. The Morgan fingerprint density at radius 3 is 2.89 bits per heavy atom. The molecule has 1 aliphatic heterocycles. The van der Waals surface area contributed by atoms with Crippen LogP contribution in [-0.4, -0.2) is 36.3 Å². The fraction of sp³-hybridized carbons (Fsp3) is 0.538. The molecule has 2 heterocycles. The van der Waals surface area contributed by atoms with E-state index in [0.29, 0.717) is 11.8 Å². The van der Waals surface area contributed by atoms with Crippen molar-refractivity contribution >= 4 is 11.6 Å². The maximum Gasteiger partial charge on any atom is 0.324 e. The highest BCUT2D eigenvalue weighted by atomic mass is 16.5. The van der Waals surface area contributed by atoms with Crippen LogP contribution in [0.3, 0.4) is 0 Å². The number of nitrogens with zero attached hydrogens (tertiary/aromatic N) is 3. The fourth-order valence-corrected chi connectivity index (χ4v) is 1.86. The Morgan fingerprint density at radius 2 is 2.22 bits per heavy atom. The van der Waals surface area contributed by atoms with Gasteiger partial charge in [0.25, 0.3) is 0 Å². The number of hydrogen-bond donors (Lipinski definition) is 1. The minimum Gasteiger partial charge on any atom is -0.322 e. The average molecular weight is 248 g/mol. The van der Waals surface area contributed by atoms with Crippen LogP contribution in [-0.2, 0) is 0 Å². The highest BCUT2D eigenvalue weighted by molar-refractivity contribution is 5.69. The molecular weight excluding hydrogens is 228 g/mol. The van der Waals surface area contributed by atoms with Gasteiger partial charge in [-0.05, 0) is 13.3 Å². The van der Waals surface area contributed by atoms with Crippen molar-refractivity contribution in [3.8, 4) is 0 Å². The van der Waals surface area contributed by atoms with E-state index in [1.807, 2.05) is 19.1 Å². The minimum atomic E-state index is 0.621. The van der Waals surface area contributed by atoms with Crippen molar-refractivity contribution in [1.29, 1.82) is 0 Å². The molecule has 5 heteroatoms. The van der Waals surface area contributed by atoms with Gasteiger partial charge >= 0.3 is 6.01 Å². The van der Waals surface area contributed by atoms with E-state index in [1.165, 1.54) is 0 Å². The van der Waals surface area contributed by atoms with Crippen LogP contribution in [0, 0.1) is 0 Å². The molecule has 0 saturated carbocycles. The second kappa shape index (κ2) is 6.35. The largest absolute Gasteiger partial charge is 0.324 e. The lowest BCUT2D eigenvalue weighted by molar-refractivity contribution is 0.402. The van der Waals surface area contributed by atoms with Crippen molar-refractivity contribution < 1.29 is 4.52 Å². The molecule has 1 aromatic heterocycles. The second-order valence-electron chi connectivity index (χ2n) is 4.19. The van der Waals surface area contributed by atoms with E-state index in [4.69, 9.17) is 4.52 Å². The lowest BCUT2D eigenvalue weighted by atomic mass is 10.2. The Kier molecular flexibility index (Phi) is 4.52. The summed E-state index contributed by atoms with van der Waals surface area (Å²) in [7, 11) is 0. The summed E-state index contributed by atoms with van der Waals surface area (Å²) in [5.41, 5.74) is 1.00. The van der Waals surface area contributed by atoms with E-state index in [2.05, 4.69) is 33.4 Å².